The van der Waals surface area contributed by atoms with Gasteiger partial charge in [-0.1, -0.05) is 12.8 Å². The first-order chi connectivity index (χ1) is 10.7. The van der Waals surface area contributed by atoms with E-state index in [0.29, 0.717) is 19.2 Å². The summed E-state index contributed by atoms with van der Waals surface area (Å²) in [5.74, 6) is 1.40. The molecule has 1 aliphatic rings. The molecule has 7 nitrogen and oxygen atoms in total. The molecule has 120 valence electrons. The molecule has 0 aromatic carbocycles. The lowest BCUT2D eigenvalue weighted by atomic mass is 10.0. The van der Waals surface area contributed by atoms with Crippen LogP contribution in [0, 0.1) is 5.92 Å². The zero-order valence-corrected chi connectivity index (χ0v) is 13.3. The zero-order valence-electron chi connectivity index (χ0n) is 13.3. The number of anilines is 1. The molecule has 7 heteroatoms. The number of imidazole rings is 1. The summed E-state index contributed by atoms with van der Waals surface area (Å²) in [5.41, 5.74) is 7.47. The van der Waals surface area contributed by atoms with Crippen LogP contribution in [0.5, 0.6) is 0 Å². The highest BCUT2D eigenvalue weighted by molar-refractivity contribution is 5.82. The molecule has 2 aromatic rings. The summed E-state index contributed by atoms with van der Waals surface area (Å²) < 4.78 is 7.97. The van der Waals surface area contributed by atoms with Crippen LogP contribution < -0.4 is 10.6 Å². The molecule has 2 heterocycles. The lowest BCUT2D eigenvalue weighted by molar-refractivity contribution is -0.0185. The second-order valence-corrected chi connectivity index (χ2v) is 6.09. The fraction of sp³-hybridized carbons (Fsp3) is 0.667. The minimum absolute atomic E-state index is 0.120. The Labute approximate surface area is 130 Å². The molecular formula is C15H24N6O. The maximum absolute atomic E-state index is 6.05. The van der Waals surface area contributed by atoms with Crippen molar-refractivity contribution in [3.05, 3.63) is 12.7 Å². The summed E-state index contributed by atoms with van der Waals surface area (Å²) in [6.07, 6.45) is 8.46. The van der Waals surface area contributed by atoms with Gasteiger partial charge in [0.2, 0.25) is 0 Å². The van der Waals surface area contributed by atoms with Gasteiger partial charge in [-0.25, -0.2) is 15.0 Å². The number of hydrogen-bond acceptors (Lipinski definition) is 6. The fourth-order valence-electron chi connectivity index (χ4n) is 3.19. The van der Waals surface area contributed by atoms with Gasteiger partial charge < -0.3 is 15.4 Å². The molecule has 2 N–H and O–H groups in total. The molecule has 2 aromatic heterocycles. The van der Waals surface area contributed by atoms with Gasteiger partial charge in [0.05, 0.1) is 12.4 Å². The molecule has 0 spiro atoms. The quantitative estimate of drug-likeness (QED) is 0.868. The Balaban J connectivity index is 1.75. The number of aromatic nitrogens is 4. The fourth-order valence-corrected chi connectivity index (χ4v) is 3.19. The Hall–Kier alpha value is -1.73. The van der Waals surface area contributed by atoms with E-state index in [9.17, 15) is 0 Å². The average Bonchev–Trinajstić information content (AvgIpc) is 3.17. The van der Waals surface area contributed by atoms with Gasteiger partial charge in [-0.2, -0.15) is 0 Å². The minimum atomic E-state index is 0.120. The highest BCUT2D eigenvalue weighted by Gasteiger charge is 2.25. The van der Waals surface area contributed by atoms with Crippen molar-refractivity contribution < 1.29 is 4.74 Å². The summed E-state index contributed by atoms with van der Waals surface area (Å²) in [7, 11) is 3.89. The maximum Gasteiger partial charge on any atom is 0.167 e. The van der Waals surface area contributed by atoms with E-state index in [4.69, 9.17) is 10.5 Å². The van der Waals surface area contributed by atoms with Crippen LogP contribution in [0.15, 0.2) is 12.7 Å². The Bertz CT molecular complexity index is 620. The summed E-state index contributed by atoms with van der Waals surface area (Å²) in [4.78, 5) is 15.0. The van der Waals surface area contributed by atoms with Crippen LogP contribution in [0.3, 0.4) is 0 Å². The van der Waals surface area contributed by atoms with Crippen LogP contribution in [-0.4, -0.2) is 46.3 Å². The lowest BCUT2D eigenvalue weighted by Gasteiger charge is -2.22. The predicted molar refractivity (Wildman–Crippen MR) is 85.5 cm³/mol. The molecule has 1 saturated carbocycles. The van der Waals surface area contributed by atoms with E-state index in [-0.39, 0.29) is 6.10 Å². The van der Waals surface area contributed by atoms with Crippen LogP contribution in [0.1, 0.15) is 25.7 Å². The van der Waals surface area contributed by atoms with Gasteiger partial charge in [-0.3, -0.25) is 4.57 Å². The van der Waals surface area contributed by atoms with Crippen LogP contribution in [0.2, 0.25) is 0 Å². The molecule has 1 fully saturated rings. The van der Waals surface area contributed by atoms with Crippen LogP contribution in [-0.2, 0) is 11.5 Å². The highest BCUT2D eigenvalue weighted by atomic mass is 16.5. The van der Waals surface area contributed by atoms with E-state index in [1.54, 1.807) is 12.7 Å². The van der Waals surface area contributed by atoms with E-state index in [1.165, 1.54) is 25.7 Å². The van der Waals surface area contributed by atoms with Crippen molar-refractivity contribution in [3.8, 4) is 0 Å². The summed E-state index contributed by atoms with van der Waals surface area (Å²) in [5, 5.41) is 0. The summed E-state index contributed by atoms with van der Waals surface area (Å²) >= 11 is 0. The molecule has 0 aliphatic heterocycles. The van der Waals surface area contributed by atoms with Gasteiger partial charge >= 0.3 is 0 Å². The number of nitrogens with zero attached hydrogens (tertiary/aromatic N) is 5. The van der Waals surface area contributed by atoms with Crippen molar-refractivity contribution in [1.82, 2.24) is 19.5 Å². The number of nitrogens with two attached hydrogens (primary N) is 1. The summed E-state index contributed by atoms with van der Waals surface area (Å²) in [6, 6.07) is 0. The van der Waals surface area contributed by atoms with Crippen molar-refractivity contribution in [2.24, 2.45) is 11.7 Å². The molecule has 0 amide bonds. The third kappa shape index (κ3) is 2.91. The van der Waals surface area contributed by atoms with E-state index < -0.39 is 0 Å². The Kier molecular flexibility index (Phi) is 4.54. The predicted octanol–water partition coefficient (Wildman–Crippen LogP) is 1.38. The normalized spacial score (nSPS) is 17.2. The van der Waals surface area contributed by atoms with E-state index >= 15 is 0 Å². The first-order valence-corrected chi connectivity index (χ1v) is 7.85. The van der Waals surface area contributed by atoms with Crippen molar-refractivity contribution in [3.63, 3.8) is 0 Å². The van der Waals surface area contributed by atoms with E-state index in [2.05, 4.69) is 15.0 Å². The Morgan fingerprint density at radius 1 is 1.32 bits per heavy atom. The molecule has 1 unspecified atom stereocenters. The number of fused-ring (bicyclic) bond motifs is 1. The molecule has 0 radical (unpaired) electrons. The Morgan fingerprint density at radius 2 is 2.09 bits per heavy atom. The first kappa shape index (κ1) is 15.2. The minimum Gasteiger partial charge on any atom is -0.361 e. The second kappa shape index (κ2) is 6.58. The molecule has 0 bridgehead atoms. The number of rotatable bonds is 6. The van der Waals surface area contributed by atoms with Gasteiger partial charge in [0, 0.05) is 20.6 Å². The maximum atomic E-state index is 6.05. The van der Waals surface area contributed by atoms with Crippen molar-refractivity contribution >= 4 is 17.0 Å². The largest absolute Gasteiger partial charge is 0.361 e. The van der Waals surface area contributed by atoms with Crippen LogP contribution in [0.4, 0.5) is 5.82 Å². The molecule has 22 heavy (non-hydrogen) atoms. The van der Waals surface area contributed by atoms with Crippen molar-refractivity contribution in [2.45, 2.75) is 38.5 Å². The lowest BCUT2D eigenvalue weighted by Crippen LogP contribution is -2.31. The first-order valence-electron chi connectivity index (χ1n) is 7.85. The SMILES string of the molecule is CN(C)c1ncnc2c1ncn2COC(CN)C1CCCC1. The molecule has 0 saturated heterocycles. The third-order valence-corrected chi connectivity index (χ3v) is 4.39. The molecule has 1 atom stereocenters. The van der Waals surface area contributed by atoms with Crippen molar-refractivity contribution in [2.75, 3.05) is 25.5 Å². The van der Waals surface area contributed by atoms with Gasteiger partial charge in [0.1, 0.15) is 13.1 Å². The zero-order chi connectivity index (χ0) is 15.5. The second-order valence-electron chi connectivity index (χ2n) is 6.09. The van der Waals surface area contributed by atoms with Gasteiger partial charge in [0.25, 0.3) is 0 Å². The Morgan fingerprint density at radius 3 is 2.77 bits per heavy atom. The highest BCUT2D eigenvalue weighted by Crippen LogP contribution is 2.29. The topological polar surface area (TPSA) is 82.1 Å². The van der Waals surface area contributed by atoms with E-state index in [1.807, 2.05) is 23.6 Å². The molecular weight excluding hydrogens is 280 g/mol. The average molecular weight is 304 g/mol. The smallest absolute Gasteiger partial charge is 0.167 e. The van der Waals surface area contributed by atoms with E-state index in [0.717, 1.165) is 17.0 Å². The summed E-state index contributed by atoms with van der Waals surface area (Å²) in [6.45, 7) is 0.994. The van der Waals surface area contributed by atoms with Gasteiger partial charge in [-0.05, 0) is 18.8 Å². The number of ether oxygens (including phenoxy) is 1. The van der Waals surface area contributed by atoms with Crippen LogP contribution in [0.25, 0.3) is 11.2 Å². The molecule has 1 aliphatic carbocycles. The van der Waals surface area contributed by atoms with Gasteiger partial charge in [0.15, 0.2) is 17.0 Å². The molecule has 3 rings (SSSR count). The standard InChI is InChI=1S/C15H24N6O/c1-20(2)14-13-15(18-8-17-14)21(9-19-13)10-22-12(7-16)11-5-3-4-6-11/h8-9,11-12H,3-7,10,16H2,1-2H3. The van der Waals surface area contributed by atoms with Crippen LogP contribution >= 0.6 is 0 Å². The number of hydrogen-bond donors (Lipinski definition) is 1. The van der Waals surface area contributed by atoms with Crippen molar-refractivity contribution in [1.29, 1.82) is 0 Å². The third-order valence-electron chi connectivity index (χ3n) is 4.39. The monoisotopic (exact) mass is 304 g/mol. The van der Waals surface area contributed by atoms with Gasteiger partial charge in [-0.15, -0.1) is 0 Å².